The van der Waals surface area contributed by atoms with E-state index in [9.17, 15) is 0 Å². The number of halogens is 1. The van der Waals surface area contributed by atoms with Gasteiger partial charge in [-0.05, 0) is 46.9 Å². The number of alkyl halides is 1. The minimum absolute atomic E-state index is 0.533. The fourth-order valence-corrected chi connectivity index (χ4v) is 1.51. The highest BCUT2D eigenvalue weighted by Gasteiger charge is 2.02. The Morgan fingerprint density at radius 2 is 1.83 bits per heavy atom. The summed E-state index contributed by atoms with van der Waals surface area (Å²) in [6.45, 7) is 0. The molecule has 0 aliphatic rings. The van der Waals surface area contributed by atoms with Crippen molar-refractivity contribution in [3.05, 3.63) is 24.3 Å². The maximum atomic E-state index is 8.82. The number of ether oxygens (including phenoxy) is 1. The van der Waals surface area contributed by atoms with Crippen molar-refractivity contribution in [1.29, 1.82) is 0 Å². The summed E-state index contributed by atoms with van der Waals surface area (Å²) in [6.07, 6.45) is 0. The van der Waals surface area contributed by atoms with Gasteiger partial charge in [0.15, 0.2) is 8.38 Å². The van der Waals surface area contributed by atoms with Gasteiger partial charge in [-0.1, -0.05) is 0 Å². The molecule has 0 spiro atoms. The molecule has 0 fully saturated rings. The third kappa shape index (κ3) is 2.86. The number of benzene rings is 1. The first-order chi connectivity index (χ1) is 5.74. The summed E-state index contributed by atoms with van der Waals surface area (Å²) in [4.78, 5) is 17.6. The summed E-state index contributed by atoms with van der Waals surface area (Å²) in [6, 6.07) is 6.73. The van der Waals surface area contributed by atoms with Crippen molar-refractivity contribution in [1.82, 2.24) is 0 Å². The molecule has 12 heavy (non-hydrogen) atoms. The Kier molecular flexibility index (Phi) is 4.21. The summed E-state index contributed by atoms with van der Waals surface area (Å²) in [7, 11) is -1.97. The van der Waals surface area contributed by atoms with E-state index in [1.807, 2.05) is 0 Å². The molecule has 0 saturated carbocycles. The lowest BCUT2D eigenvalue weighted by atomic mass is 10.3. The van der Waals surface area contributed by atoms with E-state index in [0.717, 1.165) is 5.75 Å². The zero-order valence-corrected chi connectivity index (χ0v) is 9.20. The molecule has 0 aromatic heterocycles. The zero-order valence-electron chi connectivity index (χ0n) is 6.14. The molecule has 0 amide bonds. The quantitative estimate of drug-likeness (QED) is 0.503. The number of hydrogen-bond acceptors (Lipinski definition) is 3. The Morgan fingerprint density at radius 3 is 2.25 bits per heavy atom. The van der Waals surface area contributed by atoms with Crippen LogP contribution in [0.25, 0.3) is 0 Å². The van der Waals surface area contributed by atoms with Crippen molar-refractivity contribution in [3.8, 4) is 5.75 Å². The van der Waals surface area contributed by atoms with Gasteiger partial charge in [0.25, 0.3) is 0 Å². The topological polar surface area (TPSA) is 49.7 Å². The number of hydrogen-bond donors (Lipinski definition) is 2. The third-order valence-electron chi connectivity index (χ3n) is 1.29. The van der Waals surface area contributed by atoms with E-state index in [2.05, 4.69) is 22.6 Å². The third-order valence-corrected chi connectivity index (χ3v) is 2.36. The van der Waals surface area contributed by atoms with Crippen LogP contribution in [-0.2, 0) is 0 Å². The molecule has 0 radical (unpaired) electrons. The van der Waals surface area contributed by atoms with Crippen LogP contribution < -0.4 is 10.0 Å². The normalized spacial score (nSPS) is 10.3. The fourth-order valence-electron chi connectivity index (χ4n) is 0.739. The van der Waals surface area contributed by atoms with Gasteiger partial charge >= 0.3 is 0 Å². The Morgan fingerprint density at radius 1 is 1.25 bits per heavy atom. The molecule has 0 aliphatic carbocycles. The first-order valence-corrected chi connectivity index (χ1v) is 5.98. The van der Waals surface area contributed by atoms with E-state index in [-0.39, 0.29) is 0 Å². The van der Waals surface area contributed by atoms with Gasteiger partial charge < -0.3 is 14.5 Å². The van der Waals surface area contributed by atoms with Gasteiger partial charge in [-0.2, -0.15) is 0 Å². The molecule has 3 nitrogen and oxygen atoms in total. The van der Waals surface area contributed by atoms with Crippen molar-refractivity contribution in [2.45, 2.75) is 0 Å². The molecule has 66 valence electrons. The molecule has 0 bridgehead atoms. The molecule has 1 aromatic rings. The van der Waals surface area contributed by atoms with E-state index in [1.165, 1.54) is 0 Å². The average molecular weight is 298 g/mol. The molecular weight excluding hydrogens is 290 g/mol. The van der Waals surface area contributed by atoms with Crippen LogP contribution in [0.1, 0.15) is 0 Å². The van der Waals surface area contributed by atoms with E-state index < -0.39 is 8.38 Å². The van der Waals surface area contributed by atoms with Crippen LogP contribution in [0.15, 0.2) is 24.3 Å². The van der Waals surface area contributed by atoms with E-state index in [0.29, 0.717) is 9.92 Å². The molecule has 0 aliphatic heterocycles. The van der Waals surface area contributed by atoms with Crippen molar-refractivity contribution in [2.75, 3.05) is 4.61 Å². The molecular formula is C7H8IO3P. The van der Waals surface area contributed by atoms with E-state index in [1.54, 1.807) is 24.3 Å². The largest absolute Gasteiger partial charge is 0.483 e. The SMILES string of the molecule is OP(O)c1ccc(OCI)cc1. The minimum atomic E-state index is -1.97. The van der Waals surface area contributed by atoms with Crippen molar-refractivity contribution in [3.63, 3.8) is 0 Å². The maximum absolute atomic E-state index is 8.82. The first kappa shape index (κ1) is 10.2. The van der Waals surface area contributed by atoms with Crippen molar-refractivity contribution < 1.29 is 14.5 Å². The van der Waals surface area contributed by atoms with Gasteiger partial charge in [-0.3, -0.25) is 0 Å². The molecule has 0 saturated heterocycles. The fraction of sp³-hybridized carbons (Fsp3) is 0.143. The predicted molar refractivity (Wildman–Crippen MR) is 56.9 cm³/mol. The summed E-state index contributed by atoms with van der Waals surface area (Å²) < 4.78 is 5.76. The molecule has 2 N–H and O–H groups in total. The second-order valence-electron chi connectivity index (χ2n) is 2.04. The van der Waals surface area contributed by atoms with E-state index in [4.69, 9.17) is 14.5 Å². The Labute approximate surface area is 85.4 Å². The molecule has 5 heteroatoms. The first-order valence-electron chi connectivity index (χ1n) is 3.21. The lowest BCUT2D eigenvalue weighted by Crippen LogP contribution is -1.99. The van der Waals surface area contributed by atoms with E-state index >= 15 is 0 Å². The zero-order chi connectivity index (χ0) is 8.97. The monoisotopic (exact) mass is 298 g/mol. The van der Waals surface area contributed by atoms with Gasteiger partial charge in [0, 0.05) is 5.30 Å². The van der Waals surface area contributed by atoms with Crippen LogP contribution in [0, 0.1) is 0 Å². The molecule has 0 atom stereocenters. The maximum Gasteiger partial charge on any atom is 0.199 e. The highest BCUT2D eigenvalue weighted by molar-refractivity contribution is 14.1. The standard InChI is InChI=1S/C7H8IO3P/c8-5-11-6-1-3-7(4-2-6)12(9)10/h1-4,9-10H,5H2. The average Bonchev–Trinajstić information content (AvgIpc) is 2.06. The van der Waals surface area contributed by atoms with Crippen LogP contribution >= 0.6 is 31.0 Å². The lowest BCUT2D eigenvalue weighted by molar-refractivity contribution is 0.404. The highest BCUT2D eigenvalue weighted by Crippen LogP contribution is 2.23. The molecule has 1 rings (SSSR count). The van der Waals surface area contributed by atoms with Crippen LogP contribution in [0.2, 0.25) is 0 Å². The molecule has 0 unspecified atom stereocenters. The Bertz CT molecular complexity index is 237. The van der Waals surface area contributed by atoms with Crippen LogP contribution in [0.5, 0.6) is 5.75 Å². The van der Waals surface area contributed by atoms with Crippen LogP contribution in [0.3, 0.4) is 0 Å². The molecule has 0 heterocycles. The highest BCUT2D eigenvalue weighted by atomic mass is 127. The van der Waals surface area contributed by atoms with Crippen molar-refractivity contribution in [2.24, 2.45) is 0 Å². The van der Waals surface area contributed by atoms with Crippen LogP contribution in [-0.4, -0.2) is 14.4 Å². The van der Waals surface area contributed by atoms with Gasteiger partial charge in [0.05, 0.1) is 0 Å². The number of rotatable bonds is 3. The van der Waals surface area contributed by atoms with Crippen molar-refractivity contribution >= 4 is 36.3 Å². The Hall–Kier alpha value is 0.100. The lowest BCUT2D eigenvalue weighted by Gasteiger charge is -2.04. The van der Waals surface area contributed by atoms with Gasteiger partial charge in [-0.15, -0.1) is 0 Å². The predicted octanol–water partition coefficient (Wildman–Crippen LogP) is 1.38. The smallest absolute Gasteiger partial charge is 0.199 e. The van der Waals surface area contributed by atoms with Gasteiger partial charge in [0.1, 0.15) is 10.4 Å². The minimum Gasteiger partial charge on any atom is -0.483 e. The summed E-state index contributed by atoms with van der Waals surface area (Å²) in [5.74, 6) is 0.741. The summed E-state index contributed by atoms with van der Waals surface area (Å²) in [5.41, 5.74) is 0. The second-order valence-corrected chi connectivity index (χ2v) is 3.75. The summed E-state index contributed by atoms with van der Waals surface area (Å²) >= 11 is 2.10. The second kappa shape index (κ2) is 4.97. The van der Waals surface area contributed by atoms with Gasteiger partial charge in [-0.25, -0.2) is 0 Å². The molecule has 1 aromatic carbocycles. The Balaban J connectivity index is 2.71. The summed E-state index contributed by atoms with van der Waals surface area (Å²) in [5, 5.41) is 0.533. The van der Waals surface area contributed by atoms with Gasteiger partial charge in [0.2, 0.25) is 0 Å². The van der Waals surface area contributed by atoms with Crippen LogP contribution in [0.4, 0.5) is 0 Å².